The minimum absolute atomic E-state index is 0.0207. The highest BCUT2D eigenvalue weighted by Gasteiger charge is 2.02. The van der Waals surface area contributed by atoms with Crippen molar-refractivity contribution < 1.29 is 0 Å². The van der Waals surface area contributed by atoms with Gasteiger partial charge in [-0.05, 0) is 46.6 Å². The van der Waals surface area contributed by atoms with Gasteiger partial charge in [0.05, 0.1) is 0 Å². The van der Waals surface area contributed by atoms with Gasteiger partial charge in [0, 0.05) is 22.9 Å². The van der Waals surface area contributed by atoms with Gasteiger partial charge >= 0.3 is 0 Å². The van der Waals surface area contributed by atoms with Crippen LogP contribution in [-0.4, -0.2) is 9.97 Å². The fourth-order valence-electron chi connectivity index (χ4n) is 1.25. The second-order valence-electron chi connectivity index (χ2n) is 3.64. The molecule has 0 spiro atoms. The third kappa shape index (κ3) is 3.52. The highest BCUT2D eigenvalue weighted by molar-refractivity contribution is 9.10. The van der Waals surface area contributed by atoms with Gasteiger partial charge in [-0.2, -0.15) is 0 Å². The Morgan fingerprint density at radius 3 is 2.24 bits per heavy atom. The van der Waals surface area contributed by atoms with Crippen LogP contribution in [0.2, 0.25) is 0 Å². The van der Waals surface area contributed by atoms with Gasteiger partial charge in [0.15, 0.2) is 0 Å². The standard InChI is InChI=1S/C12H12BrN3S/c1-8(14)9-2-4-11(15-6-9)17-12-5-3-10(13)7-16-12/h2-8H,14H2,1H3/t8-/m0/s1. The number of halogens is 1. The molecule has 0 saturated carbocycles. The van der Waals surface area contributed by atoms with Crippen LogP contribution in [0, 0.1) is 0 Å². The lowest BCUT2D eigenvalue weighted by Gasteiger charge is -2.05. The van der Waals surface area contributed by atoms with Crippen LogP contribution in [0.5, 0.6) is 0 Å². The summed E-state index contributed by atoms with van der Waals surface area (Å²) >= 11 is 4.89. The first-order valence-corrected chi connectivity index (χ1v) is 6.77. The molecule has 3 nitrogen and oxygen atoms in total. The van der Waals surface area contributed by atoms with Crippen LogP contribution >= 0.6 is 27.7 Å². The van der Waals surface area contributed by atoms with Crippen molar-refractivity contribution in [3.05, 3.63) is 46.7 Å². The molecule has 2 heterocycles. The monoisotopic (exact) mass is 309 g/mol. The SMILES string of the molecule is C[C@H](N)c1ccc(Sc2ccc(Br)cn2)nc1. The van der Waals surface area contributed by atoms with Crippen LogP contribution in [0.25, 0.3) is 0 Å². The largest absolute Gasteiger partial charge is 0.324 e. The Morgan fingerprint density at radius 2 is 1.76 bits per heavy atom. The molecule has 0 aliphatic rings. The van der Waals surface area contributed by atoms with E-state index in [4.69, 9.17) is 5.73 Å². The van der Waals surface area contributed by atoms with Crippen molar-refractivity contribution in [1.29, 1.82) is 0 Å². The van der Waals surface area contributed by atoms with Crippen molar-refractivity contribution in [3.8, 4) is 0 Å². The molecule has 0 unspecified atom stereocenters. The van der Waals surface area contributed by atoms with E-state index in [2.05, 4.69) is 25.9 Å². The first-order chi connectivity index (χ1) is 8.15. The van der Waals surface area contributed by atoms with Crippen LogP contribution in [-0.2, 0) is 0 Å². The van der Waals surface area contributed by atoms with Gasteiger partial charge in [-0.25, -0.2) is 9.97 Å². The molecule has 0 bridgehead atoms. The zero-order chi connectivity index (χ0) is 12.3. The fourth-order valence-corrected chi connectivity index (χ4v) is 2.18. The van der Waals surface area contributed by atoms with Gasteiger partial charge in [0.25, 0.3) is 0 Å². The third-order valence-electron chi connectivity index (χ3n) is 2.19. The smallest absolute Gasteiger partial charge is 0.102 e. The number of nitrogens with zero attached hydrogens (tertiary/aromatic N) is 2. The Bertz CT molecular complexity index is 482. The van der Waals surface area contributed by atoms with Crippen molar-refractivity contribution in [2.75, 3.05) is 0 Å². The van der Waals surface area contributed by atoms with Crippen LogP contribution < -0.4 is 5.73 Å². The Balaban J connectivity index is 2.11. The lowest BCUT2D eigenvalue weighted by molar-refractivity contribution is 0.806. The zero-order valence-corrected chi connectivity index (χ0v) is 11.7. The summed E-state index contributed by atoms with van der Waals surface area (Å²) in [7, 11) is 0. The molecule has 88 valence electrons. The minimum atomic E-state index is 0.0207. The summed E-state index contributed by atoms with van der Waals surface area (Å²) in [6.45, 7) is 1.94. The summed E-state index contributed by atoms with van der Waals surface area (Å²) in [5.74, 6) is 0. The van der Waals surface area contributed by atoms with Crippen LogP contribution in [0.1, 0.15) is 18.5 Å². The number of hydrogen-bond acceptors (Lipinski definition) is 4. The zero-order valence-electron chi connectivity index (χ0n) is 9.30. The average molecular weight is 310 g/mol. The Labute approximate surface area is 113 Å². The van der Waals surface area contributed by atoms with Gasteiger partial charge < -0.3 is 5.73 Å². The van der Waals surface area contributed by atoms with E-state index < -0.39 is 0 Å². The quantitative estimate of drug-likeness (QED) is 0.944. The van der Waals surface area contributed by atoms with E-state index in [-0.39, 0.29) is 6.04 Å². The molecule has 2 aromatic rings. The van der Waals surface area contributed by atoms with Crippen molar-refractivity contribution >= 4 is 27.7 Å². The first-order valence-electron chi connectivity index (χ1n) is 5.16. The lowest BCUT2D eigenvalue weighted by Crippen LogP contribution is -2.04. The second kappa shape index (κ2) is 5.62. The van der Waals surface area contributed by atoms with Gasteiger partial charge in [0.2, 0.25) is 0 Å². The molecular weight excluding hydrogens is 298 g/mol. The number of pyridine rings is 2. The maximum Gasteiger partial charge on any atom is 0.102 e. The summed E-state index contributed by atoms with van der Waals surface area (Å²) in [5.41, 5.74) is 6.81. The number of aromatic nitrogens is 2. The molecule has 0 saturated heterocycles. The molecule has 0 radical (unpaired) electrons. The van der Waals surface area contributed by atoms with Gasteiger partial charge in [0.1, 0.15) is 10.1 Å². The fraction of sp³-hybridized carbons (Fsp3) is 0.167. The number of rotatable bonds is 3. The predicted molar refractivity (Wildman–Crippen MR) is 72.9 cm³/mol. The average Bonchev–Trinajstić information content (AvgIpc) is 2.33. The second-order valence-corrected chi connectivity index (χ2v) is 5.59. The van der Waals surface area contributed by atoms with Gasteiger partial charge in [-0.3, -0.25) is 0 Å². The minimum Gasteiger partial charge on any atom is -0.324 e. The van der Waals surface area contributed by atoms with Crippen molar-refractivity contribution in [3.63, 3.8) is 0 Å². The molecule has 0 aliphatic heterocycles. The van der Waals surface area contributed by atoms with Gasteiger partial charge in [-0.15, -0.1) is 0 Å². The van der Waals surface area contributed by atoms with E-state index >= 15 is 0 Å². The van der Waals surface area contributed by atoms with Crippen molar-refractivity contribution in [1.82, 2.24) is 9.97 Å². The predicted octanol–water partition coefficient (Wildman–Crippen LogP) is 3.41. The lowest BCUT2D eigenvalue weighted by atomic mass is 10.2. The Kier molecular flexibility index (Phi) is 4.15. The maximum atomic E-state index is 5.77. The van der Waals surface area contributed by atoms with Crippen LogP contribution in [0.3, 0.4) is 0 Å². The van der Waals surface area contributed by atoms with E-state index in [1.54, 1.807) is 6.20 Å². The molecular formula is C12H12BrN3S. The topological polar surface area (TPSA) is 51.8 Å². The summed E-state index contributed by atoms with van der Waals surface area (Å²) in [5, 5.41) is 1.85. The van der Waals surface area contributed by atoms with Crippen molar-refractivity contribution in [2.24, 2.45) is 5.73 Å². The normalized spacial score (nSPS) is 12.4. The van der Waals surface area contributed by atoms with E-state index in [0.29, 0.717) is 0 Å². The molecule has 0 fully saturated rings. The van der Waals surface area contributed by atoms with Gasteiger partial charge in [-0.1, -0.05) is 17.8 Å². The third-order valence-corrected chi connectivity index (χ3v) is 3.56. The van der Waals surface area contributed by atoms with E-state index in [1.807, 2.05) is 37.4 Å². The molecule has 0 aromatic carbocycles. The molecule has 2 aromatic heterocycles. The molecule has 2 rings (SSSR count). The van der Waals surface area contributed by atoms with Crippen LogP contribution in [0.4, 0.5) is 0 Å². The molecule has 1 atom stereocenters. The molecule has 5 heteroatoms. The summed E-state index contributed by atoms with van der Waals surface area (Å²) < 4.78 is 0.974. The molecule has 0 amide bonds. The van der Waals surface area contributed by atoms with E-state index in [0.717, 1.165) is 20.1 Å². The molecule has 0 aliphatic carbocycles. The highest BCUT2D eigenvalue weighted by Crippen LogP contribution is 2.25. The number of nitrogens with two attached hydrogens (primary N) is 1. The van der Waals surface area contributed by atoms with E-state index in [1.165, 1.54) is 11.8 Å². The van der Waals surface area contributed by atoms with Crippen LogP contribution in [0.15, 0.2) is 51.2 Å². The maximum absolute atomic E-state index is 5.77. The highest BCUT2D eigenvalue weighted by atomic mass is 79.9. The summed E-state index contributed by atoms with van der Waals surface area (Å²) in [6.07, 6.45) is 3.59. The van der Waals surface area contributed by atoms with Crippen molar-refractivity contribution in [2.45, 2.75) is 23.0 Å². The summed E-state index contributed by atoms with van der Waals surface area (Å²) in [4.78, 5) is 8.63. The Morgan fingerprint density at radius 1 is 1.12 bits per heavy atom. The first kappa shape index (κ1) is 12.5. The summed E-state index contributed by atoms with van der Waals surface area (Å²) in [6, 6.07) is 7.90. The van der Waals surface area contributed by atoms with E-state index in [9.17, 15) is 0 Å². The molecule has 17 heavy (non-hydrogen) atoms. The Hall–Kier alpha value is -0.910. The number of hydrogen-bond donors (Lipinski definition) is 1. The molecule has 2 N–H and O–H groups in total.